The minimum absolute atomic E-state index is 0.0106. The first-order valence-corrected chi connectivity index (χ1v) is 6.15. The Bertz CT molecular complexity index is 623. The van der Waals surface area contributed by atoms with Crippen molar-refractivity contribution in [3.05, 3.63) is 46.7 Å². The molecule has 0 aromatic heterocycles. The molecule has 0 saturated carbocycles. The number of esters is 1. The van der Waals surface area contributed by atoms with E-state index >= 15 is 0 Å². The zero-order valence-corrected chi connectivity index (χ0v) is 11.7. The molecular formula is C14H14F2N2O3. The molecule has 2 rings (SSSR count). The molecule has 0 radical (unpaired) electrons. The molecule has 0 unspecified atom stereocenters. The van der Waals surface area contributed by atoms with E-state index < -0.39 is 35.2 Å². The van der Waals surface area contributed by atoms with E-state index in [9.17, 15) is 18.4 Å². The van der Waals surface area contributed by atoms with E-state index in [4.69, 9.17) is 0 Å². The van der Waals surface area contributed by atoms with Gasteiger partial charge < -0.3 is 15.0 Å². The number of hydrogen-bond acceptors (Lipinski definition) is 3. The van der Waals surface area contributed by atoms with Gasteiger partial charge in [-0.05, 0) is 19.1 Å². The smallest absolute Gasteiger partial charge is 0.337 e. The van der Waals surface area contributed by atoms with E-state index in [0.29, 0.717) is 0 Å². The second kappa shape index (κ2) is 5.51. The summed E-state index contributed by atoms with van der Waals surface area (Å²) < 4.78 is 32.6. The standard InChI is InChI=1S/C14H14F2N2O3/c1-7-10(13(19)21-3)12(17-14(20)18(7)2)11-8(15)5-4-6-9(11)16/h4-6,12H,1-3H3,(H,17,20)/t12-/m0/s1. The van der Waals surface area contributed by atoms with Crippen LogP contribution >= 0.6 is 0 Å². The molecule has 0 saturated heterocycles. The lowest BCUT2D eigenvalue weighted by atomic mass is 9.94. The van der Waals surface area contributed by atoms with Crippen molar-refractivity contribution in [3.63, 3.8) is 0 Å². The number of halogens is 2. The predicted octanol–water partition coefficient (Wildman–Crippen LogP) is 2.11. The average Bonchev–Trinajstić information content (AvgIpc) is 2.44. The van der Waals surface area contributed by atoms with Crippen LogP contribution in [0.5, 0.6) is 0 Å². The van der Waals surface area contributed by atoms with Gasteiger partial charge >= 0.3 is 12.0 Å². The number of ether oxygens (including phenoxy) is 1. The number of amides is 2. The highest BCUT2D eigenvalue weighted by atomic mass is 19.1. The summed E-state index contributed by atoms with van der Waals surface area (Å²) in [5.74, 6) is -2.45. The molecular weight excluding hydrogens is 282 g/mol. The maximum absolute atomic E-state index is 13.9. The fraction of sp³-hybridized carbons (Fsp3) is 0.286. The van der Waals surface area contributed by atoms with Gasteiger partial charge in [0.2, 0.25) is 0 Å². The normalized spacial score (nSPS) is 18.6. The summed E-state index contributed by atoms with van der Waals surface area (Å²) in [4.78, 5) is 25.0. The molecule has 0 fully saturated rings. The molecule has 1 aromatic carbocycles. The van der Waals surface area contributed by atoms with Crippen LogP contribution in [-0.2, 0) is 9.53 Å². The molecule has 1 aromatic rings. The second-order valence-corrected chi connectivity index (χ2v) is 4.57. The first-order valence-electron chi connectivity index (χ1n) is 6.15. The molecule has 1 atom stereocenters. The Balaban J connectivity index is 2.65. The minimum atomic E-state index is -1.23. The Morgan fingerprint density at radius 3 is 2.43 bits per heavy atom. The van der Waals surface area contributed by atoms with Crippen molar-refractivity contribution >= 4 is 12.0 Å². The quantitative estimate of drug-likeness (QED) is 0.850. The van der Waals surface area contributed by atoms with Gasteiger partial charge in [-0.2, -0.15) is 0 Å². The number of methoxy groups -OCH3 is 1. The van der Waals surface area contributed by atoms with Crippen molar-refractivity contribution < 1.29 is 23.1 Å². The molecule has 7 heteroatoms. The van der Waals surface area contributed by atoms with Crippen molar-refractivity contribution in [2.45, 2.75) is 13.0 Å². The first kappa shape index (κ1) is 15.0. The van der Waals surface area contributed by atoms with Crippen LogP contribution in [0, 0.1) is 11.6 Å². The Morgan fingerprint density at radius 1 is 1.33 bits per heavy atom. The monoisotopic (exact) mass is 296 g/mol. The lowest BCUT2D eigenvalue weighted by Gasteiger charge is -2.33. The zero-order valence-electron chi connectivity index (χ0n) is 11.7. The van der Waals surface area contributed by atoms with Crippen molar-refractivity contribution in [1.82, 2.24) is 10.2 Å². The number of urea groups is 1. The largest absolute Gasteiger partial charge is 0.466 e. The Kier molecular flexibility index (Phi) is 3.93. The molecule has 1 aliphatic rings. The highest BCUT2D eigenvalue weighted by Gasteiger charge is 2.37. The summed E-state index contributed by atoms with van der Waals surface area (Å²) in [6, 6.07) is 1.54. The maximum atomic E-state index is 13.9. The number of nitrogens with one attached hydrogen (secondary N) is 1. The summed E-state index contributed by atoms with van der Waals surface area (Å²) in [6.45, 7) is 1.51. The molecule has 1 heterocycles. The minimum Gasteiger partial charge on any atom is -0.466 e. The van der Waals surface area contributed by atoms with Crippen LogP contribution < -0.4 is 5.32 Å². The number of carbonyl (C=O) groups excluding carboxylic acids is 2. The Morgan fingerprint density at radius 2 is 1.90 bits per heavy atom. The molecule has 0 aliphatic carbocycles. The van der Waals surface area contributed by atoms with Gasteiger partial charge in [-0.1, -0.05) is 6.07 Å². The highest BCUT2D eigenvalue weighted by Crippen LogP contribution is 2.33. The highest BCUT2D eigenvalue weighted by molar-refractivity contribution is 5.94. The number of allylic oxidation sites excluding steroid dienone is 1. The fourth-order valence-electron chi connectivity index (χ4n) is 2.21. The predicted molar refractivity (Wildman–Crippen MR) is 70.1 cm³/mol. The van der Waals surface area contributed by atoms with Crippen molar-refractivity contribution in [2.24, 2.45) is 0 Å². The van der Waals surface area contributed by atoms with E-state index in [1.54, 1.807) is 0 Å². The Hall–Kier alpha value is -2.44. The topological polar surface area (TPSA) is 58.6 Å². The molecule has 0 spiro atoms. The van der Waals surface area contributed by atoms with E-state index in [1.807, 2.05) is 0 Å². The van der Waals surface area contributed by atoms with Gasteiger partial charge in [0.15, 0.2) is 0 Å². The van der Waals surface area contributed by atoms with E-state index in [1.165, 1.54) is 24.9 Å². The zero-order chi connectivity index (χ0) is 15.7. The van der Waals surface area contributed by atoms with Gasteiger partial charge in [0.1, 0.15) is 11.6 Å². The van der Waals surface area contributed by atoms with Crippen LogP contribution in [0.2, 0.25) is 0 Å². The third kappa shape index (κ3) is 2.46. The third-order valence-corrected chi connectivity index (χ3v) is 3.45. The van der Waals surface area contributed by atoms with Gasteiger partial charge in [0.25, 0.3) is 0 Å². The van der Waals surface area contributed by atoms with Gasteiger partial charge in [-0.25, -0.2) is 18.4 Å². The number of carbonyl (C=O) groups is 2. The SMILES string of the molecule is COC(=O)C1=C(C)N(C)C(=O)N[C@@H]1c1c(F)cccc1F. The van der Waals surface area contributed by atoms with Crippen LogP contribution in [0.15, 0.2) is 29.5 Å². The lowest BCUT2D eigenvalue weighted by molar-refractivity contribution is -0.136. The van der Waals surface area contributed by atoms with Gasteiger partial charge in [-0.3, -0.25) is 0 Å². The van der Waals surface area contributed by atoms with Crippen LogP contribution in [0.4, 0.5) is 13.6 Å². The molecule has 21 heavy (non-hydrogen) atoms. The fourth-order valence-corrected chi connectivity index (χ4v) is 2.21. The lowest BCUT2D eigenvalue weighted by Crippen LogP contribution is -2.46. The number of nitrogens with zero attached hydrogens (tertiary/aromatic N) is 1. The van der Waals surface area contributed by atoms with E-state index in [-0.39, 0.29) is 11.3 Å². The van der Waals surface area contributed by atoms with E-state index in [0.717, 1.165) is 19.2 Å². The summed E-state index contributed by atoms with van der Waals surface area (Å²) >= 11 is 0. The van der Waals surface area contributed by atoms with Crippen LogP contribution in [0.1, 0.15) is 18.5 Å². The number of hydrogen-bond donors (Lipinski definition) is 1. The Labute approximate surface area is 120 Å². The molecule has 1 aliphatic heterocycles. The molecule has 0 bridgehead atoms. The van der Waals surface area contributed by atoms with Gasteiger partial charge in [-0.15, -0.1) is 0 Å². The molecule has 2 amide bonds. The van der Waals surface area contributed by atoms with E-state index in [2.05, 4.69) is 10.1 Å². The second-order valence-electron chi connectivity index (χ2n) is 4.57. The maximum Gasteiger partial charge on any atom is 0.337 e. The van der Waals surface area contributed by atoms with Crippen molar-refractivity contribution in [2.75, 3.05) is 14.2 Å². The average molecular weight is 296 g/mol. The van der Waals surface area contributed by atoms with Crippen molar-refractivity contribution in [1.29, 1.82) is 0 Å². The summed E-state index contributed by atoms with van der Waals surface area (Å²) in [6.07, 6.45) is 0. The van der Waals surface area contributed by atoms with Crippen molar-refractivity contribution in [3.8, 4) is 0 Å². The van der Waals surface area contributed by atoms with Crippen LogP contribution in [0.25, 0.3) is 0 Å². The summed E-state index contributed by atoms with van der Waals surface area (Å²) in [5.41, 5.74) is -0.124. The summed E-state index contributed by atoms with van der Waals surface area (Å²) in [7, 11) is 2.61. The first-order chi connectivity index (χ1) is 9.88. The molecule has 5 nitrogen and oxygen atoms in total. The summed E-state index contributed by atoms with van der Waals surface area (Å²) in [5, 5.41) is 2.41. The van der Waals surface area contributed by atoms with Crippen LogP contribution in [0.3, 0.4) is 0 Å². The number of benzene rings is 1. The van der Waals surface area contributed by atoms with Gasteiger partial charge in [0.05, 0.1) is 24.3 Å². The third-order valence-electron chi connectivity index (χ3n) is 3.45. The number of rotatable bonds is 2. The molecule has 1 N–H and O–H groups in total. The molecule has 112 valence electrons. The van der Waals surface area contributed by atoms with Gasteiger partial charge in [0, 0.05) is 12.7 Å². The van der Waals surface area contributed by atoms with Crippen LogP contribution in [-0.4, -0.2) is 31.1 Å².